The number of piperidine rings is 1. The van der Waals surface area contributed by atoms with Crippen molar-refractivity contribution in [1.29, 1.82) is 5.26 Å². The molecule has 0 aliphatic carbocycles. The third kappa shape index (κ3) is 4.18. The summed E-state index contributed by atoms with van der Waals surface area (Å²) >= 11 is 4.55. The Labute approximate surface area is 163 Å². The van der Waals surface area contributed by atoms with Gasteiger partial charge in [-0.3, -0.25) is 0 Å². The summed E-state index contributed by atoms with van der Waals surface area (Å²) in [6.45, 7) is 1.32. The second-order valence-electron chi connectivity index (χ2n) is 6.08. The Balaban J connectivity index is 1.63. The molecule has 1 fully saturated rings. The van der Waals surface area contributed by atoms with Crippen LogP contribution in [0.15, 0.2) is 35.2 Å². The van der Waals surface area contributed by atoms with Gasteiger partial charge in [0.15, 0.2) is 0 Å². The maximum absolute atomic E-state index is 14.1. The number of nitriles is 1. The van der Waals surface area contributed by atoms with Crippen LogP contribution in [0.4, 0.5) is 18.9 Å². The highest BCUT2D eigenvalue weighted by Gasteiger charge is 2.23. The van der Waals surface area contributed by atoms with Crippen LogP contribution in [-0.2, 0) is 5.33 Å². The molecule has 0 radical (unpaired) electrons. The number of rotatable bonds is 4. The lowest BCUT2D eigenvalue weighted by Gasteiger charge is -2.33. The molecule has 7 heteroatoms. The third-order valence-electron chi connectivity index (χ3n) is 4.41. The van der Waals surface area contributed by atoms with Crippen LogP contribution in [0.2, 0.25) is 0 Å². The fraction of sp³-hybridized carbons (Fsp3) is 0.316. The number of hydrogen-bond donors (Lipinski definition) is 0. The van der Waals surface area contributed by atoms with E-state index in [0.29, 0.717) is 29.2 Å². The van der Waals surface area contributed by atoms with E-state index in [1.807, 2.05) is 11.0 Å². The number of halogens is 4. The summed E-state index contributed by atoms with van der Waals surface area (Å²) in [5.74, 6) is -1.48. The fourth-order valence-corrected chi connectivity index (χ4v) is 4.73. The van der Waals surface area contributed by atoms with Gasteiger partial charge in [0.2, 0.25) is 0 Å². The average Bonchev–Trinajstić information content (AvgIpc) is 2.62. The molecule has 3 rings (SSSR count). The number of anilines is 1. The zero-order valence-corrected chi connectivity index (χ0v) is 16.2. The molecule has 1 aliphatic rings. The molecule has 0 aromatic heterocycles. The summed E-state index contributed by atoms with van der Waals surface area (Å²) in [6.07, 6.45) is 1.57. The highest BCUT2D eigenvalue weighted by molar-refractivity contribution is 9.08. The van der Waals surface area contributed by atoms with Crippen molar-refractivity contribution in [2.45, 2.75) is 28.3 Å². The van der Waals surface area contributed by atoms with Crippen molar-refractivity contribution in [3.63, 3.8) is 0 Å². The minimum Gasteiger partial charge on any atom is -0.369 e. The van der Waals surface area contributed by atoms with Crippen LogP contribution in [0.3, 0.4) is 0 Å². The minimum absolute atomic E-state index is 0.0421. The maximum atomic E-state index is 14.1. The van der Waals surface area contributed by atoms with E-state index in [2.05, 4.69) is 15.9 Å². The maximum Gasteiger partial charge on any atom is 0.147 e. The number of nitrogens with zero attached hydrogens (tertiary/aromatic N) is 2. The van der Waals surface area contributed by atoms with Crippen LogP contribution >= 0.6 is 27.7 Å². The number of hydrogen-bond acceptors (Lipinski definition) is 3. The summed E-state index contributed by atoms with van der Waals surface area (Å²) < 4.78 is 41.9. The van der Waals surface area contributed by atoms with Crippen molar-refractivity contribution in [2.24, 2.45) is 0 Å². The molecule has 2 aromatic rings. The van der Waals surface area contributed by atoms with Gasteiger partial charge in [-0.05, 0) is 43.2 Å². The van der Waals surface area contributed by atoms with Crippen LogP contribution in [0.5, 0.6) is 0 Å². The molecule has 0 atom stereocenters. The van der Waals surface area contributed by atoms with Crippen LogP contribution in [0.25, 0.3) is 0 Å². The molecule has 0 spiro atoms. The van der Waals surface area contributed by atoms with Gasteiger partial charge in [-0.15, -0.1) is 11.8 Å². The Hall–Kier alpha value is -1.65. The topological polar surface area (TPSA) is 27.0 Å². The molecule has 1 saturated heterocycles. The van der Waals surface area contributed by atoms with Gasteiger partial charge >= 0.3 is 0 Å². The molecule has 26 heavy (non-hydrogen) atoms. The molecule has 0 bridgehead atoms. The molecule has 0 N–H and O–H groups in total. The van der Waals surface area contributed by atoms with E-state index in [1.54, 1.807) is 12.1 Å². The molecule has 136 valence electrons. The Bertz CT molecular complexity index is 822. The monoisotopic (exact) mass is 440 g/mol. The van der Waals surface area contributed by atoms with Gasteiger partial charge in [0.1, 0.15) is 17.5 Å². The summed E-state index contributed by atoms with van der Waals surface area (Å²) in [4.78, 5) is 2.52. The Kier molecular flexibility index (Phi) is 6.15. The molecule has 2 nitrogen and oxygen atoms in total. The Morgan fingerprint density at radius 3 is 2.27 bits per heavy atom. The van der Waals surface area contributed by atoms with E-state index < -0.39 is 17.5 Å². The van der Waals surface area contributed by atoms with Crippen molar-refractivity contribution in [3.8, 4) is 6.07 Å². The van der Waals surface area contributed by atoms with E-state index in [-0.39, 0.29) is 16.1 Å². The number of benzene rings is 2. The first-order chi connectivity index (χ1) is 12.5. The van der Waals surface area contributed by atoms with E-state index in [1.165, 1.54) is 30.0 Å². The molecule has 1 aliphatic heterocycles. The van der Waals surface area contributed by atoms with Crippen molar-refractivity contribution in [3.05, 3.63) is 58.9 Å². The van der Waals surface area contributed by atoms with Crippen LogP contribution in [-0.4, -0.2) is 18.3 Å². The smallest absolute Gasteiger partial charge is 0.147 e. The van der Waals surface area contributed by atoms with Gasteiger partial charge in [-0.1, -0.05) is 15.9 Å². The molecular formula is C19H16BrF3N2S. The lowest BCUT2D eigenvalue weighted by atomic mass is 10.1. The first-order valence-electron chi connectivity index (χ1n) is 8.17. The van der Waals surface area contributed by atoms with Crippen molar-refractivity contribution in [1.82, 2.24) is 0 Å². The second kappa shape index (κ2) is 8.36. The zero-order valence-electron chi connectivity index (χ0n) is 13.8. The Morgan fingerprint density at radius 2 is 1.73 bits per heavy atom. The molecule has 1 heterocycles. The van der Waals surface area contributed by atoms with E-state index in [4.69, 9.17) is 5.26 Å². The first kappa shape index (κ1) is 19.1. The lowest BCUT2D eigenvalue weighted by Crippen LogP contribution is -2.35. The minimum atomic E-state index is -0.540. The quantitative estimate of drug-likeness (QED) is 0.576. The fourth-order valence-electron chi connectivity index (χ4n) is 3.02. The number of alkyl halides is 1. The van der Waals surface area contributed by atoms with Crippen molar-refractivity contribution < 1.29 is 13.2 Å². The van der Waals surface area contributed by atoms with E-state index >= 15 is 0 Å². The predicted octanol–water partition coefficient (Wildman–Crippen LogP) is 5.63. The zero-order chi connectivity index (χ0) is 18.7. The normalized spacial score (nSPS) is 15.1. The predicted molar refractivity (Wildman–Crippen MR) is 101 cm³/mol. The van der Waals surface area contributed by atoms with Gasteiger partial charge in [-0.25, -0.2) is 13.2 Å². The van der Waals surface area contributed by atoms with E-state index in [9.17, 15) is 13.2 Å². The van der Waals surface area contributed by atoms with Crippen LogP contribution in [0.1, 0.15) is 24.0 Å². The average molecular weight is 441 g/mol. The summed E-state index contributed by atoms with van der Waals surface area (Å²) in [5, 5.41) is 9.19. The molecule has 0 amide bonds. The van der Waals surface area contributed by atoms with Crippen LogP contribution < -0.4 is 4.90 Å². The SMILES string of the molecule is N#Cc1ccc(N2CCC(Sc3cc(F)c(CBr)c(F)c3)CC2)c(F)c1. The van der Waals surface area contributed by atoms with Gasteiger partial charge in [0.05, 0.1) is 17.3 Å². The summed E-state index contributed by atoms with van der Waals surface area (Å²) in [5.41, 5.74) is 0.833. The molecule has 0 unspecified atom stereocenters. The van der Waals surface area contributed by atoms with Crippen molar-refractivity contribution >= 4 is 33.4 Å². The highest BCUT2D eigenvalue weighted by atomic mass is 79.9. The van der Waals surface area contributed by atoms with Crippen LogP contribution in [0, 0.1) is 28.8 Å². The van der Waals surface area contributed by atoms with E-state index in [0.717, 1.165) is 12.8 Å². The van der Waals surface area contributed by atoms with Gasteiger partial charge in [0.25, 0.3) is 0 Å². The van der Waals surface area contributed by atoms with Crippen molar-refractivity contribution in [2.75, 3.05) is 18.0 Å². The Morgan fingerprint density at radius 1 is 1.08 bits per heavy atom. The summed E-state index contributed by atoms with van der Waals surface area (Å²) in [6, 6.07) is 9.15. The number of thioether (sulfide) groups is 1. The molecule has 2 aromatic carbocycles. The standard InChI is InChI=1S/C19H16BrF3N2S/c20-10-15-16(21)8-14(9-17(15)22)26-13-3-5-25(6-4-13)19-2-1-12(11-24)7-18(19)23/h1-2,7-9,13H,3-6,10H2. The second-order valence-corrected chi connectivity index (χ2v) is 8.02. The molecular weight excluding hydrogens is 425 g/mol. The largest absolute Gasteiger partial charge is 0.369 e. The molecule has 0 saturated carbocycles. The highest BCUT2D eigenvalue weighted by Crippen LogP contribution is 2.34. The van der Waals surface area contributed by atoms with Gasteiger partial charge < -0.3 is 4.90 Å². The lowest BCUT2D eigenvalue weighted by molar-refractivity contribution is 0.558. The first-order valence-corrected chi connectivity index (χ1v) is 10.2. The third-order valence-corrected chi connectivity index (χ3v) is 6.28. The van der Waals surface area contributed by atoms with Gasteiger partial charge in [-0.2, -0.15) is 5.26 Å². The van der Waals surface area contributed by atoms with Gasteiger partial charge in [0, 0.05) is 34.1 Å². The summed E-state index contributed by atoms with van der Waals surface area (Å²) in [7, 11) is 0.